The maximum Gasteiger partial charge on any atom is 0.335 e. The van der Waals surface area contributed by atoms with Gasteiger partial charge in [-0.2, -0.15) is 0 Å². The number of anilines is 1. The molecule has 0 saturated carbocycles. The van der Waals surface area contributed by atoms with Crippen LogP contribution in [0.2, 0.25) is 10.0 Å². The van der Waals surface area contributed by atoms with Gasteiger partial charge in [0.25, 0.3) is 10.0 Å². The van der Waals surface area contributed by atoms with Gasteiger partial charge in [-0.15, -0.1) is 11.8 Å². The van der Waals surface area contributed by atoms with Crippen molar-refractivity contribution >= 4 is 56.6 Å². The molecule has 0 saturated heterocycles. The summed E-state index contributed by atoms with van der Waals surface area (Å²) in [6, 6.07) is 17.3. The van der Waals surface area contributed by atoms with Gasteiger partial charge in [0.15, 0.2) is 0 Å². The Morgan fingerprint density at radius 2 is 1.55 bits per heavy atom. The second-order valence-corrected chi connectivity index (χ2v) is 9.56. The van der Waals surface area contributed by atoms with Gasteiger partial charge >= 0.3 is 5.97 Å². The van der Waals surface area contributed by atoms with Gasteiger partial charge in [0, 0.05) is 20.7 Å². The van der Waals surface area contributed by atoms with Gasteiger partial charge in [-0.25, -0.2) is 13.2 Å². The molecule has 0 aliphatic rings. The second kappa shape index (κ2) is 9.09. The maximum absolute atomic E-state index is 12.7. The third kappa shape index (κ3) is 5.67. The van der Waals surface area contributed by atoms with E-state index in [4.69, 9.17) is 28.3 Å². The number of carboxylic acid groups (broad SMARTS) is 1. The number of benzene rings is 3. The minimum atomic E-state index is -3.81. The van der Waals surface area contributed by atoms with Crippen LogP contribution < -0.4 is 4.72 Å². The molecule has 0 bridgehead atoms. The van der Waals surface area contributed by atoms with Gasteiger partial charge in [0.1, 0.15) is 0 Å². The molecule has 0 unspecified atom stereocenters. The van der Waals surface area contributed by atoms with Crippen molar-refractivity contribution in [2.45, 2.75) is 15.5 Å². The van der Waals surface area contributed by atoms with Crippen molar-refractivity contribution in [1.29, 1.82) is 0 Å². The number of halogens is 2. The summed E-state index contributed by atoms with van der Waals surface area (Å²) in [5.74, 6) is -0.460. The maximum atomic E-state index is 12.7. The minimum Gasteiger partial charge on any atom is -0.478 e. The van der Waals surface area contributed by atoms with Gasteiger partial charge in [0.05, 0.1) is 16.1 Å². The SMILES string of the molecule is O=C(O)c1ccc(CSc2ccc(Cl)cc2NS(=O)(=O)c2ccc(Cl)cc2)cc1. The normalized spacial score (nSPS) is 11.2. The molecule has 0 radical (unpaired) electrons. The van der Waals surface area contributed by atoms with Crippen LogP contribution in [-0.2, 0) is 15.8 Å². The highest BCUT2D eigenvalue weighted by atomic mass is 35.5. The highest BCUT2D eigenvalue weighted by molar-refractivity contribution is 7.98. The van der Waals surface area contributed by atoms with Crippen molar-refractivity contribution in [3.05, 3.63) is 87.9 Å². The zero-order chi connectivity index (χ0) is 21.0. The molecular weight excluding hydrogens is 453 g/mol. The Morgan fingerprint density at radius 3 is 2.17 bits per heavy atom. The Balaban J connectivity index is 1.80. The molecule has 5 nitrogen and oxygen atoms in total. The van der Waals surface area contributed by atoms with Gasteiger partial charge in [0.2, 0.25) is 0 Å². The number of nitrogens with one attached hydrogen (secondary N) is 1. The third-order valence-corrected chi connectivity index (χ3v) is 6.92. The van der Waals surface area contributed by atoms with Gasteiger partial charge in [-0.05, 0) is 60.2 Å². The average Bonchev–Trinajstić information content (AvgIpc) is 2.68. The number of hydrogen-bond donors (Lipinski definition) is 2. The van der Waals surface area contributed by atoms with Crippen LogP contribution in [-0.4, -0.2) is 19.5 Å². The van der Waals surface area contributed by atoms with Crippen LogP contribution in [0.15, 0.2) is 76.5 Å². The number of rotatable bonds is 7. The third-order valence-electron chi connectivity index (χ3n) is 3.91. The topological polar surface area (TPSA) is 83.5 Å². The molecule has 0 heterocycles. The standard InChI is InChI=1S/C20H15Cl2NO4S2/c21-15-5-8-17(9-6-15)29(26,27)23-18-11-16(22)7-10-19(18)28-12-13-1-3-14(4-2-13)20(24)25/h1-11,23H,12H2,(H,24,25). The first-order valence-electron chi connectivity index (χ1n) is 8.27. The Kier molecular flexibility index (Phi) is 6.74. The number of aromatic carboxylic acids is 1. The number of carboxylic acids is 1. The lowest BCUT2D eigenvalue weighted by Gasteiger charge is -2.13. The van der Waals surface area contributed by atoms with Crippen LogP contribution in [0, 0.1) is 0 Å². The van der Waals surface area contributed by atoms with E-state index >= 15 is 0 Å². The molecule has 9 heteroatoms. The van der Waals surface area contributed by atoms with E-state index in [1.165, 1.54) is 48.2 Å². The predicted molar refractivity (Wildman–Crippen MR) is 117 cm³/mol. The largest absolute Gasteiger partial charge is 0.478 e. The van der Waals surface area contributed by atoms with Crippen LogP contribution in [0.3, 0.4) is 0 Å². The summed E-state index contributed by atoms with van der Waals surface area (Å²) in [4.78, 5) is 11.7. The smallest absolute Gasteiger partial charge is 0.335 e. The molecule has 0 spiro atoms. The number of thioether (sulfide) groups is 1. The van der Waals surface area contributed by atoms with Crippen LogP contribution >= 0.6 is 35.0 Å². The van der Waals surface area contributed by atoms with Crippen molar-refractivity contribution in [3.8, 4) is 0 Å². The molecular formula is C20H15Cl2NO4S2. The Hall–Kier alpha value is -2.19. The predicted octanol–water partition coefficient (Wildman–Crippen LogP) is 5.78. The lowest BCUT2D eigenvalue weighted by molar-refractivity contribution is 0.0697. The fourth-order valence-corrected chi connectivity index (χ4v) is 4.81. The number of carbonyl (C=O) groups is 1. The first-order valence-corrected chi connectivity index (χ1v) is 11.5. The quantitative estimate of drug-likeness (QED) is 0.429. The molecule has 3 rings (SSSR count). The zero-order valence-corrected chi connectivity index (χ0v) is 17.9. The van der Waals surface area contributed by atoms with Crippen LogP contribution in [0.4, 0.5) is 5.69 Å². The molecule has 0 aliphatic carbocycles. The summed E-state index contributed by atoms with van der Waals surface area (Å²) in [6.45, 7) is 0. The first-order chi connectivity index (χ1) is 13.7. The van der Waals surface area contributed by atoms with Crippen molar-refractivity contribution in [1.82, 2.24) is 0 Å². The van der Waals surface area contributed by atoms with Gasteiger partial charge in [-0.3, -0.25) is 4.72 Å². The monoisotopic (exact) mass is 467 g/mol. The summed E-state index contributed by atoms with van der Waals surface area (Å²) >= 11 is 13.3. The minimum absolute atomic E-state index is 0.0853. The summed E-state index contributed by atoms with van der Waals surface area (Å²) in [7, 11) is -3.81. The zero-order valence-electron chi connectivity index (χ0n) is 14.8. The van der Waals surface area contributed by atoms with Crippen LogP contribution in [0.5, 0.6) is 0 Å². The summed E-state index contributed by atoms with van der Waals surface area (Å²) in [5, 5.41) is 9.81. The summed E-state index contributed by atoms with van der Waals surface area (Å²) in [5.41, 5.74) is 1.47. The lowest BCUT2D eigenvalue weighted by Crippen LogP contribution is -2.13. The molecule has 0 fully saturated rings. The molecule has 29 heavy (non-hydrogen) atoms. The Labute approximate surface area is 182 Å². The Morgan fingerprint density at radius 1 is 0.931 bits per heavy atom. The highest BCUT2D eigenvalue weighted by Gasteiger charge is 2.17. The molecule has 0 amide bonds. The summed E-state index contributed by atoms with van der Waals surface area (Å²) < 4.78 is 27.9. The van der Waals surface area contributed by atoms with Crippen molar-refractivity contribution < 1.29 is 18.3 Å². The van der Waals surface area contributed by atoms with E-state index in [0.29, 0.717) is 26.4 Å². The Bertz CT molecular complexity index is 1130. The van der Waals surface area contributed by atoms with Crippen LogP contribution in [0.25, 0.3) is 0 Å². The second-order valence-electron chi connectivity index (χ2n) is 5.99. The van der Waals surface area contributed by atoms with E-state index in [0.717, 1.165) is 5.56 Å². The molecule has 150 valence electrons. The van der Waals surface area contributed by atoms with Gasteiger partial charge < -0.3 is 5.11 Å². The van der Waals surface area contributed by atoms with E-state index in [1.807, 2.05) is 0 Å². The molecule has 3 aromatic carbocycles. The van der Waals surface area contributed by atoms with E-state index in [-0.39, 0.29) is 10.5 Å². The summed E-state index contributed by atoms with van der Waals surface area (Å²) in [6.07, 6.45) is 0. The van der Waals surface area contributed by atoms with E-state index in [9.17, 15) is 13.2 Å². The fraction of sp³-hybridized carbons (Fsp3) is 0.0500. The average molecular weight is 468 g/mol. The van der Waals surface area contributed by atoms with E-state index < -0.39 is 16.0 Å². The highest BCUT2D eigenvalue weighted by Crippen LogP contribution is 2.33. The van der Waals surface area contributed by atoms with Crippen molar-refractivity contribution in [2.75, 3.05) is 4.72 Å². The molecule has 2 N–H and O–H groups in total. The number of sulfonamides is 1. The van der Waals surface area contributed by atoms with E-state index in [2.05, 4.69) is 4.72 Å². The van der Waals surface area contributed by atoms with Crippen molar-refractivity contribution in [3.63, 3.8) is 0 Å². The molecule has 0 atom stereocenters. The molecule has 3 aromatic rings. The molecule has 0 aromatic heterocycles. The fourth-order valence-electron chi connectivity index (χ4n) is 2.43. The van der Waals surface area contributed by atoms with Gasteiger partial charge in [-0.1, -0.05) is 35.3 Å². The van der Waals surface area contributed by atoms with Crippen LogP contribution in [0.1, 0.15) is 15.9 Å². The van der Waals surface area contributed by atoms with Crippen molar-refractivity contribution in [2.24, 2.45) is 0 Å². The lowest BCUT2D eigenvalue weighted by atomic mass is 10.1. The first kappa shape index (κ1) is 21.5. The number of hydrogen-bond acceptors (Lipinski definition) is 4. The van der Waals surface area contributed by atoms with E-state index in [1.54, 1.807) is 30.3 Å². The molecule has 0 aliphatic heterocycles.